The third-order valence-electron chi connectivity index (χ3n) is 1.78. The van der Waals surface area contributed by atoms with E-state index in [0.717, 1.165) is 10.4 Å². The predicted molar refractivity (Wildman–Crippen MR) is 60.5 cm³/mol. The highest BCUT2D eigenvalue weighted by atomic mass is 79.9. The Morgan fingerprint density at radius 1 is 1.13 bits per heavy atom. The van der Waals surface area contributed by atoms with Crippen molar-refractivity contribution in [1.82, 2.24) is 9.97 Å². The molecule has 2 rings (SSSR count). The van der Waals surface area contributed by atoms with E-state index in [0.29, 0.717) is 12.4 Å². The van der Waals surface area contributed by atoms with Crippen LogP contribution in [0.1, 0.15) is 5.82 Å². The van der Waals surface area contributed by atoms with Crippen LogP contribution in [0.4, 0.5) is 0 Å². The first kappa shape index (κ1) is 10.1. The van der Waals surface area contributed by atoms with Crippen molar-refractivity contribution in [3.8, 4) is 5.75 Å². The fourth-order valence-electron chi connectivity index (χ4n) is 1.11. The van der Waals surface area contributed by atoms with Crippen LogP contribution in [0.25, 0.3) is 0 Å². The molecule has 3 nitrogen and oxygen atoms in total. The maximum Gasteiger partial charge on any atom is 0.167 e. The van der Waals surface area contributed by atoms with E-state index in [1.807, 2.05) is 30.3 Å². The molecule has 15 heavy (non-hydrogen) atoms. The molecule has 0 spiro atoms. The molecule has 0 amide bonds. The number of ether oxygens (including phenoxy) is 1. The fraction of sp³-hybridized carbons (Fsp3) is 0.0909. The van der Waals surface area contributed by atoms with Gasteiger partial charge in [-0.25, -0.2) is 9.97 Å². The molecule has 0 radical (unpaired) electrons. The summed E-state index contributed by atoms with van der Waals surface area (Å²) in [6.07, 6.45) is 1.70. The first-order chi connectivity index (χ1) is 7.34. The molecular formula is C11H9BrN2O. The van der Waals surface area contributed by atoms with Gasteiger partial charge in [0.25, 0.3) is 0 Å². The van der Waals surface area contributed by atoms with Gasteiger partial charge in [-0.3, -0.25) is 0 Å². The summed E-state index contributed by atoms with van der Waals surface area (Å²) in [5, 5.41) is 0. The number of hydrogen-bond acceptors (Lipinski definition) is 3. The lowest BCUT2D eigenvalue weighted by Gasteiger charge is -2.04. The molecule has 0 unspecified atom stereocenters. The zero-order valence-corrected chi connectivity index (χ0v) is 9.52. The molecule has 1 aromatic carbocycles. The first-order valence-electron chi connectivity index (χ1n) is 4.50. The zero-order chi connectivity index (χ0) is 10.5. The van der Waals surface area contributed by atoms with Gasteiger partial charge in [-0.1, -0.05) is 18.2 Å². The van der Waals surface area contributed by atoms with Gasteiger partial charge in [0.05, 0.1) is 0 Å². The van der Waals surface area contributed by atoms with Gasteiger partial charge in [0.15, 0.2) is 5.82 Å². The third-order valence-corrected chi connectivity index (χ3v) is 2.22. The van der Waals surface area contributed by atoms with Crippen LogP contribution in [0.5, 0.6) is 5.75 Å². The highest BCUT2D eigenvalue weighted by molar-refractivity contribution is 9.10. The van der Waals surface area contributed by atoms with Crippen LogP contribution in [0, 0.1) is 0 Å². The molecule has 0 atom stereocenters. The van der Waals surface area contributed by atoms with Gasteiger partial charge >= 0.3 is 0 Å². The van der Waals surface area contributed by atoms with Crippen molar-refractivity contribution < 1.29 is 4.74 Å². The quantitative estimate of drug-likeness (QED) is 0.800. The van der Waals surface area contributed by atoms with Gasteiger partial charge in [0.1, 0.15) is 17.0 Å². The average Bonchev–Trinajstić information content (AvgIpc) is 2.28. The van der Waals surface area contributed by atoms with Crippen molar-refractivity contribution in [3.63, 3.8) is 0 Å². The van der Waals surface area contributed by atoms with E-state index >= 15 is 0 Å². The lowest BCUT2D eigenvalue weighted by atomic mass is 10.3. The van der Waals surface area contributed by atoms with Gasteiger partial charge in [-0.15, -0.1) is 0 Å². The smallest absolute Gasteiger partial charge is 0.167 e. The third kappa shape index (κ3) is 3.02. The molecule has 2 aromatic rings. The SMILES string of the molecule is Brc1ccnc(COc2ccccc2)n1. The van der Waals surface area contributed by atoms with Crippen molar-refractivity contribution in [2.45, 2.75) is 6.61 Å². The number of para-hydroxylation sites is 1. The number of rotatable bonds is 3. The molecule has 0 saturated carbocycles. The Balaban J connectivity index is 1.99. The van der Waals surface area contributed by atoms with E-state index < -0.39 is 0 Å². The Kier molecular flexibility index (Phi) is 3.29. The van der Waals surface area contributed by atoms with E-state index in [1.165, 1.54) is 0 Å². The maximum absolute atomic E-state index is 5.50. The summed E-state index contributed by atoms with van der Waals surface area (Å²) in [7, 11) is 0. The molecule has 1 heterocycles. The summed E-state index contributed by atoms with van der Waals surface area (Å²) in [6, 6.07) is 11.4. The molecule has 0 N–H and O–H groups in total. The number of nitrogens with zero attached hydrogens (tertiary/aromatic N) is 2. The average molecular weight is 265 g/mol. The number of aromatic nitrogens is 2. The Morgan fingerprint density at radius 3 is 2.67 bits per heavy atom. The van der Waals surface area contributed by atoms with Crippen molar-refractivity contribution in [3.05, 3.63) is 53.0 Å². The lowest BCUT2D eigenvalue weighted by Crippen LogP contribution is -2.00. The number of benzene rings is 1. The van der Waals surface area contributed by atoms with Gasteiger partial charge in [-0.05, 0) is 34.1 Å². The second-order valence-electron chi connectivity index (χ2n) is 2.90. The number of hydrogen-bond donors (Lipinski definition) is 0. The van der Waals surface area contributed by atoms with Crippen LogP contribution in [0.2, 0.25) is 0 Å². The van der Waals surface area contributed by atoms with Crippen LogP contribution in [-0.4, -0.2) is 9.97 Å². The molecule has 76 valence electrons. The normalized spacial score (nSPS) is 9.93. The molecule has 1 aromatic heterocycles. The minimum absolute atomic E-state index is 0.378. The van der Waals surface area contributed by atoms with E-state index in [2.05, 4.69) is 25.9 Å². The summed E-state index contributed by atoms with van der Waals surface area (Å²) in [6.45, 7) is 0.378. The van der Waals surface area contributed by atoms with Gasteiger partial charge in [0.2, 0.25) is 0 Å². The molecule has 0 bridgehead atoms. The van der Waals surface area contributed by atoms with Crippen LogP contribution < -0.4 is 4.74 Å². The number of halogens is 1. The van der Waals surface area contributed by atoms with Crippen molar-refractivity contribution >= 4 is 15.9 Å². The summed E-state index contributed by atoms with van der Waals surface area (Å²) in [5.74, 6) is 1.48. The highest BCUT2D eigenvalue weighted by Gasteiger charge is 1.98. The Labute approximate surface area is 96.3 Å². The van der Waals surface area contributed by atoms with E-state index in [9.17, 15) is 0 Å². The highest BCUT2D eigenvalue weighted by Crippen LogP contribution is 2.10. The van der Waals surface area contributed by atoms with Crippen LogP contribution >= 0.6 is 15.9 Å². The van der Waals surface area contributed by atoms with Crippen LogP contribution in [-0.2, 0) is 6.61 Å². The predicted octanol–water partition coefficient (Wildman–Crippen LogP) is 2.82. The standard InChI is InChI=1S/C11H9BrN2O/c12-10-6-7-13-11(14-10)8-15-9-4-2-1-3-5-9/h1-7H,8H2. The summed E-state index contributed by atoms with van der Waals surface area (Å²) in [4.78, 5) is 8.26. The minimum atomic E-state index is 0.378. The van der Waals surface area contributed by atoms with Crippen molar-refractivity contribution in [2.24, 2.45) is 0 Å². The van der Waals surface area contributed by atoms with Crippen LogP contribution in [0.15, 0.2) is 47.2 Å². The van der Waals surface area contributed by atoms with E-state index in [1.54, 1.807) is 12.3 Å². The molecule has 0 fully saturated rings. The lowest BCUT2D eigenvalue weighted by molar-refractivity contribution is 0.295. The first-order valence-corrected chi connectivity index (χ1v) is 5.29. The van der Waals surface area contributed by atoms with Gasteiger partial charge in [0, 0.05) is 6.20 Å². The fourth-order valence-corrected chi connectivity index (χ4v) is 1.43. The molecule has 4 heteroatoms. The van der Waals surface area contributed by atoms with Gasteiger partial charge < -0.3 is 4.74 Å². The molecule has 0 aliphatic heterocycles. The summed E-state index contributed by atoms with van der Waals surface area (Å²) >= 11 is 3.28. The zero-order valence-electron chi connectivity index (χ0n) is 7.93. The van der Waals surface area contributed by atoms with E-state index in [-0.39, 0.29) is 0 Å². The second kappa shape index (κ2) is 4.89. The molecule has 0 aliphatic rings. The summed E-state index contributed by atoms with van der Waals surface area (Å²) in [5.41, 5.74) is 0. The summed E-state index contributed by atoms with van der Waals surface area (Å²) < 4.78 is 6.27. The Bertz CT molecular complexity index is 434. The minimum Gasteiger partial charge on any atom is -0.486 e. The second-order valence-corrected chi connectivity index (χ2v) is 3.71. The largest absolute Gasteiger partial charge is 0.486 e. The Morgan fingerprint density at radius 2 is 1.93 bits per heavy atom. The monoisotopic (exact) mass is 264 g/mol. The maximum atomic E-state index is 5.50. The molecular weight excluding hydrogens is 256 g/mol. The van der Waals surface area contributed by atoms with Gasteiger partial charge in [-0.2, -0.15) is 0 Å². The van der Waals surface area contributed by atoms with Crippen molar-refractivity contribution in [2.75, 3.05) is 0 Å². The van der Waals surface area contributed by atoms with E-state index in [4.69, 9.17) is 4.74 Å². The van der Waals surface area contributed by atoms with Crippen molar-refractivity contribution in [1.29, 1.82) is 0 Å². The molecule has 0 aliphatic carbocycles. The molecule has 0 saturated heterocycles. The Hall–Kier alpha value is -1.42. The topological polar surface area (TPSA) is 35.0 Å². The van der Waals surface area contributed by atoms with Crippen LogP contribution in [0.3, 0.4) is 0 Å².